The Labute approximate surface area is 144 Å². The highest BCUT2D eigenvalue weighted by Gasteiger charge is 2.68. The van der Waals surface area contributed by atoms with Crippen LogP contribution in [0.5, 0.6) is 0 Å². The predicted molar refractivity (Wildman–Crippen MR) is 77.4 cm³/mol. The summed E-state index contributed by atoms with van der Waals surface area (Å²) in [6.07, 6.45) is -11.5. The SMILES string of the molecule is C=C(NNS(=O)(=O)c1cc(C)ccc1F)NC(C)(C(F)(F)F)C(F)(F)F. The standard InChI is InChI=1S/C13H14F7N3O2S/c1-7-4-5-9(14)10(6-7)26(24,25)23-22-8(2)21-11(3,12(15,16)17)13(18,19)20/h4-6,21-23H,2H2,1,3H3. The van der Waals surface area contributed by atoms with Gasteiger partial charge in [-0.15, -0.1) is 4.83 Å². The molecule has 0 aliphatic heterocycles. The van der Waals surface area contributed by atoms with Crippen LogP contribution in [0.3, 0.4) is 0 Å². The first-order valence-electron chi connectivity index (χ1n) is 6.66. The quantitative estimate of drug-likeness (QED) is 0.499. The van der Waals surface area contributed by atoms with Crippen LogP contribution in [0.1, 0.15) is 12.5 Å². The largest absolute Gasteiger partial charge is 0.420 e. The van der Waals surface area contributed by atoms with Gasteiger partial charge in [-0.2, -0.15) is 26.3 Å². The first-order chi connectivity index (χ1) is 11.5. The van der Waals surface area contributed by atoms with E-state index in [-0.39, 0.29) is 6.92 Å². The van der Waals surface area contributed by atoms with E-state index >= 15 is 0 Å². The molecule has 26 heavy (non-hydrogen) atoms. The van der Waals surface area contributed by atoms with Crippen molar-refractivity contribution in [2.24, 2.45) is 0 Å². The maximum Gasteiger partial charge on any atom is 0.420 e. The van der Waals surface area contributed by atoms with E-state index in [1.807, 2.05) is 0 Å². The predicted octanol–water partition coefficient (Wildman–Crippen LogP) is 2.86. The number of nitrogens with one attached hydrogen (secondary N) is 3. The second kappa shape index (κ2) is 6.95. The lowest BCUT2D eigenvalue weighted by Gasteiger charge is -2.36. The number of rotatable bonds is 6. The number of benzene rings is 1. The molecule has 0 spiro atoms. The van der Waals surface area contributed by atoms with Gasteiger partial charge >= 0.3 is 12.4 Å². The fourth-order valence-electron chi connectivity index (χ4n) is 1.64. The van der Waals surface area contributed by atoms with E-state index in [0.29, 0.717) is 5.56 Å². The first-order valence-corrected chi connectivity index (χ1v) is 8.14. The Balaban J connectivity index is 2.97. The summed E-state index contributed by atoms with van der Waals surface area (Å²) >= 11 is 0. The monoisotopic (exact) mass is 409 g/mol. The zero-order valence-corrected chi connectivity index (χ0v) is 14.1. The summed E-state index contributed by atoms with van der Waals surface area (Å²) in [5, 5.41) is 1.05. The van der Waals surface area contributed by atoms with Crippen LogP contribution in [0.2, 0.25) is 0 Å². The van der Waals surface area contributed by atoms with Gasteiger partial charge in [0.25, 0.3) is 10.0 Å². The van der Waals surface area contributed by atoms with Crippen molar-refractivity contribution in [1.29, 1.82) is 0 Å². The molecule has 0 unspecified atom stereocenters. The average Bonchev–Trinajstić information content (AvgIpc) is 2.45. The third kappa shape index (κ3) is 4.58. The van der Waals surface area contributed by atoms with Crippen LogP contribution in [0, 0.1) is 12.7 Å². The molecule has 13 heteroatoms. The summed E-state index contributed by atoms with van der Waals surface area (Å²) in [4.78, 5) is 0.600. The van der Waals surface area contributed by atoms with E-state index in [4.69, 9.17) is 0 Å². The molecule has 0 heterocycles. The van der Waals surface area contributed by atoms with Crippen LogP contribution in [0.25, 0.3) is 0 Å². The van der Waals surface area contributed by atoms with Crippen molar-refractivity contribution in [3.05, 3.63) is 42.0 Å². The molecule has 0 aromatic heterocycles. The van der Waals surface area contributed by atoms with Crippen LogP contribution in [0.15, 0.2) is 35.5 Å². The third-order valence-corrected chi connectivity index (χ3v) is 4.51. The zero-order chi connectivity index (χ0) is 20.6. The van der Waals surface area contributed by atoms with Crippen LogP contribution in [0.4, 0.5) is 30.7 Å². The molecule has 1 rings (SSSR count). The topological polar surface area (TPSA) is 70.2 Å². The van der Waals surface area contributed by atoms with Crippen molar-refractivity contribution >= 4 is 10.0 Å². The maximum absolute atomic E-state index is 13.6. The van der Waals surface area contributed by atoms with Gasteiger partial charge in [-0.25, -0.2) is 12.8 Å². The van der Waals surface area contributed by atoms with E-state index in [9.17, 15) is 39.2 Å². The Hall–Kier alpha value is -2.02. The summed E-state index contributed by atoms with van der Waals surface area (Å²) in [6, 6.07) is 3.02. The van der Waals surface area contributed by atoms with Gasteiger partial charge in [0.05, 0.1) is 0 Å². The van der Waals surface area contributed by atoms with E-state index in [2.05, 4.69) is 6.58 Å². The minimum absolute atomic E-state index is 0.186. The Morgan fingerprint density at radius 1 is 1.08 bits per heavy atom. The minimum atomic E-state index is -5.77. The highest BCUT2D eigenvalue weighted by atomic mass is 32.2. The molecule has 0 radical (unpaired) electrons. The van der Waals surface area contributed by atoms with E-state index in [1.54, 1.807) is 5.43 Å². The van der Waals surface area contributed by atoms with Gasteiger partial charge in [-0.1, -0.05) is 12.6 Å². The molecular formula is C13H14F7N3O2S. The number of hydrogen-bond acceptors (Lipinski definition) is 4. The first kappa shape index (κ1) is 22.0. The van der Waals surface area contributed by atoms with Gasteiger partial charge in [-0.05, 0) is 31.5 Å². The van der Waals surface area contributed by atoms with Crippen LogP contribution in [-0.4, -0.2) is 26.3 Å². The van der Waals surface area contributed by atoms with Gasteiger partial charge in [0.1, 0.15) is 16.5 Å². The summed E-state index contributed by atoms with van der Waals surface area (Å²) in [5.41, 5.74) is -2.49. The summed E-state index contributed by atoms with van der Waals surface area (Å²) in [5.74, 6) is -2.32. The van der Waals surface area contributed by atoms with E-state index in [0.717, 1.165) is 17.4 Å². The Morgan fingerprint density at radius 2 is 1.58 bits per heavy atom. The Morgan fingerprint density at radius 3 is 2.04 bits per heavy atom. The lowest BCUT2D eigenvalue weighted by molar-refractivity contribution is -0.299. The van der Waals surface area contributed by atoms with Crippen molar-refractivity contribution in [1.82, 2.24) is 15.6 Å². The van der Waals surface area contributed by atoms with Crippen molar-refractivity contribution in [3.63, 3.8) is 0 Å². The van der Waals surface area contributed by atoms with E-state index in [1.165, 1.54) is 17.8 Å². The van der Waals surface area contributed by atoms with Gasteiger partial charge in [-0.3, -0.25) is 5.43 Å². The molecule has 0 saturated heterocycles. The second-order valence-electron chi connectivity index (χ2n) is 5.39. The lowest BCUT2D eigenvalue weighted by atomic mass is 10.0. The molecule has 0 atom stereocenters. The molecule has 5 nitrogen and oxygen atoms in total. The smallest absolute Gasteiger partial charge is 0.350 e. The molecule has 1 aromatic rings. The second-order valence-corrected chi connectivity index (χ2v) is 7.04. The molecular weight excluding hydrogens is 395 g/mol. The molecule has 3 N–H and O–H groups in total. The number of alkyl halides is 6. The Bertz CT molecular complexity index is 774. The molecule has 1 aromatic carbocycles. The van der Waals surface area contributed by atoms with Crippen molar-refractivity contribution in [2.75, 3.05) is 0 Å². The molecule has 148 valence electrons. The minimum Gasteiger partial charge on any atom is -0.350 e. The van der Waals surface area contributed by atoms with Gasteiger partial charge in [0.15, 0.2) is 0 Å². The summed E-state index contributed by atoms with van der Waals surface area (Å²) < 4.78 is 114. The molecule has 0 fully saturated rings. The summed E-state index contributed by atoms with van der Waals surface area (Å²) in [6.45, 7) is 4.12. The fraction of sp³-hybridized carbons (Fsp3) is 0.385. The number of hydrazine groups is 1. The molecule has 0 saturated carbocycles. The number of sulfonamides is 1. The normalized spacial score (nSPS) is 13.4. The molecule has 0 aliphatic rings. The van der Waals surface area contributed by atoms with Gasteiger partial charge in [0, 0.05) is 0 Å². The lowest BCUT2D eigenvalue weighted by Crippen LogP contribution is -2.65. The average molecular weight is 409 g/mol. The van der Waals surface area contributed by atoms with Crippen molar-refractivity contribution < 1.29 is 39.2 Å². The number of halogens is 7. The molecule has 0 amide bonds. The molecule has 0 aliphatic carbocycles. The van der Waals surface area contributed by atoms with Crippen LogP contribution in [-0.2, 0) is 10.0 Å². The third-order valence-electron chi connectivity index (χ3n) is 3.25. The van der Waals surface area contributed by atoms with Crippen molar-refractivity contribution in [2.45, 2.75) is 36.6 Å². The van der Waals surface area contributed by atoms with Crippen LogP contribution >= 0.6 is 0 Å². The number of hydrogen-bond donors (Lipinski definition) is 3. The van der Waals surface area contributed by atoms with E-state index < -0.39 is 44.4 Å². The Kier molecular flexibility index (Phi) is 5.88. The number of aryl methyl sites for hydroxylation is 1. The van der Waals surface area contributed by atoms with Gasteiger partial charge in [0.2, 0.25) is 5.54 Å². The van der Waals surface area contributed by atoms with Gasteiger partial charge < -0.3 is 5.32 Å². The molecule has 0 bridgehead atoms. The zero-order valence-electron chi connectivity index (χ0n) is 13.3. The van der Waals surface area contributed by atoms with Crippen LogP contribution < -0.4 is 15.6 Å². The maximum atomic E-state index is 13.6. The fourth-order valence-corrected chi connectivity index (χ4v) is 2.67. The highest BCUT2D eigenvalue weighted by molar-refractivity contribution is 7.89. The highest BCUT2D eigenvalue weighted by Crippen LogP contribution is 2.42. The summed E-state index contributed by atoms with van der Waals surface area (Å²) in [7, 11) is -4.63. The van der Waals surface area contributed by atoms with Crippen molar-refractivity contribution in [3.8, 4) is 0 Å².